The molecule has 2 unspecified atom stereocenters. The molecule has 0 bridgehead atoms. The molecule has 0 spiro atoms. The van der Waals surface area contributed by atoms with Crippen LogP contribution in [0.5, 0.6) is 5.75 Å². The number of hydrogen-bond acceptors (Lipinski definition) is 3. The van der Waals surface area contributed by atoms with E-state index in [1.54, 1.807) is 13.3 Å². The van der Waals surface area contributed by atoms with E-state index in [4.69, 9.17) is 4.74 Å². The van der Waals surface area contributed by atoms with E-state index in [0.29, 0.717) is 5.75 Å². The van der Waals surface area contributed by atoms with Gasteiger partial charge in [0.25, 0.3) is 0 Å². The molecule has 122 valence electrons. The predicted octanol–water partition coefficient (Wildman–Crippen LogP) is 4.13. The van der Waals surface area contributed by atoms with Gasteiger partial charge in [0.1, 0.15) is 11.4 Å². The average molecular weight is 319 g/mol. The lowest BCUT2D eigenvalue weighted by molar-refractivity contribution is 0.0356. The molecule has 3 aromatic rings. The first-order valence-electron chi connectivity index (χ1n) is 7.96. The second-order valence-corrected chi connectivity index (χ2v) is 5.95. The number of aromatic nitrogens is 1. The van der Waals surface area contributed by atoms with Crippen LogP contribution in [0.15, 0.2) is 79.0 Å². The Kier molecular flexibility index (Phi) is 4.63. The largest absolute Gasteiger partial charge is 0.496 e. The lowest BCUT2D eigenvalue weighted by atomic mass is 9.76. The monoisotopic (exact) mass is 319 g/mol. The molecule has 24 heavy (non-hydrogen) atoms. The third kappa shape index (κ3) is 3.03. The van der Waals surface area contributed by atoms with Crippen LogP contribution in [0.3, 0.4) is 0 Å². The van der Waals surface area contributed by atoms with Crippen molar-refractivity contribution in [3.8, 4) is 5.75 Å². The van der Waals surface area contributed by atoms with Gasteiger partial charge in [-0.1, -0.05) is 54.6 Å². The molecule has 0 aliphatic carbocycles. The quantitative estimate of drug-likeness (QED) is 0.769. The SMILES string of the molecule is COc1ccccc1C(C)(O)C(c1ccccc1)c1ccccn1. The highest BCUT2D eigenvalue weighted by atomic mass is 16.5. The maximum absolute atomic E-state index is 11.5. The Bertz CT molecular complexity index is 746. The van der Waals surface area contributed by atoms with Crippen LogP contribution in [-0.4, -0.2) is 17.2 Å². The number of methoxy groups -OCH3 is 1. The van der Waals surface area contributed by atoms with Crippen molar-refractivity contribution in [1.29, 1.82) is 0 Å². The highest BCUT2D eigenvalue weighted by Gasteiger charge is 2.38. The van der Waals surface area contributed by atoms with Gasteiger partial charge in [-0.3, -0.25) is 4.98 Å². The van der Waals surface area contributed by atoms with Crippen molar-refractivity contribution in [3.05, 3.63) is 95.8 Å². The molecule has 3 rings (SSSR count). The minimum Gasteiger partial charge on any atom is -0.496 e. The number of hydrogen-bond donors (Lipinski definition) is 1. The van der Waals surface area contributed by atoms with Gasteiger partial charge in [0.15, 0.2) is 0 Å². The first kappa shape index (κ1) is 16.2. The van der Waals surface area contributed by atoms with E-state index >= 15 is 0 Å². The molecular weight excluding hydrogens is 298 g/mol. The Morgan fingerprint density at radius 3 is 2.25 bits per heavy atom. The molecule has 2 atom stereocenters. The maximum Gasteiger partial charge on any atom is 0.124 e. The fourth-order valence-electron chi connectivity index (χ4n) is 3.19. The summed E-state index contributed by atoms with van der Waals surface area (Å²) in [6.07, 6.45) is 1.75. The fraction of sp³-hybridized carbons (Fsp3) is 0.190. The Morgan fingerprint density at radius 1 is 0.917 bits per heavy atom. The minimum atomic E-state index is -1.18. The van der Waals surface area contributed by atoms with E-state index in [2.05, 4.69) is 4.98 Å². The summed E-state index contributed by atoms with van der Waals surface area (Å²) in [7, 11) is 1.62. The number of nitrogens with zero attached hydrogens (tertiary/aromatic N) is 1. The maximum atomic E-state index is 11.5. The molecule has 0 aliphatic heterocycles. The molecule has 0 amide bonds. The zero-order chi connectivity index (χ0) is 17.0. The van der Waals surface area contributed by atoms with E-state index in [9.17, 15) is 5.11 Å². The van der Waals surface area contributed by atoms with Gasteiger partial charge in [0, 0.05) is 11.8 Å². The van der Waals surface area contributed by atoms with Gasteiger partial charge in [-0.15, -0.1) is 0 Å². The van der Waals surface area contributed by atoms with Crippen LogP contribution in [0.25, 0.3) is 0 Å². The summed E-state index contributed by atoms with van der Waals surface area (Å²) in [4.78, 5) is 4.50. The van der Waals surface area contributed by atoms with Crippen LogP contribution in [-0.2, 0) is 5.60 Å². The van der Waals surface area contributed by atoms with E-state index < -0.39 is 5.60 Å². The number of aliphatic hydroxyl groups is 1. The average Bonchev–Trinajstić information content (AvgIpc) is 2.63. The van der Waals surface area contributed by atoms with E-state index in [-0.39, 0.29) is 5.92 Å². The Labute approximate surface area is 142 Å². The standard InChI is InChI=1S/C21H21NO2/c1-21(23,17-12-6-7-14-19(17)24-2)20(16-10-4-3-5-11-16)18-13-8-9-15-22-18/h3-15,20,23H,1-2H3. The number of para-hydroxylation sites is 1. The molecule has 3 nitrogen and oxygen atoms in total. The van der Waals surface area contributed by atoms with Crippen LogP contribution in [0.1, 0.15) is 29.7 Å². The molecule has 0 saturated carbocycles. The minimum absolute atomic E-state index is 0.309. The lowest BCUT2D eigenvalue weighted by Gasteiger charge is -2.34. The van der Waals surface area contributed by atoms with Crippen molar-refractivity contribution in [1.82, 2.24) is 4.98 Å². The van der Waals surface area contributed by atoms with Crippen LogP contribution in [0.4, 0.5) is 0 Å². The fourth-order valence-corrected chi connectivity index (χ4v) is 3.19. The van der Waals surface area contributed by atoms with Gasteiger partial charge in [-0.05, 0) is 30.7 Å². The van der Waals surface area contributed by atoms with Crippen LogP contribution < -0.4 is 4.74 Å². The second-order valence-electron chi connectivity index (χ2n) is 5.95. The van der Waals surface area contributed by atoms with Crippen molar-refractivity contribution in [2.75, 3.05) is 7.11 Å². The molecule has 1 aromatic heterocycles. The summed E-state index contributed by atoms with van der Waals surface area (Å²) < 4.78 is 5.47. The lowest BCUT2D eigenvalue weighted by Crippen LogP contribution is -2.32. The molecule has 2 aromatic carbocycles. The van der Waals surface area contributed by atoms with Crippen molar-refractivity contribution >= 4 is 0 Å². The first-order chi connectivity index (χ1) is 11.6. The normalized spacial score (nSPS) is 14.6. The molecule has 0 radical (unpaired) electrons. The van der Waals surface area contributed by atoms with Crippen molar-refractivity contribution < 1.29 is 9.84 Å². The first-order valence-corrected chi connectivity index (χ1v) is 7.96. The molecular formula is C21H21NO2. The van der Waals surface area contributed by atoms with Crippen molar-refractivity contribution in [2.45, 2.75) is 18.4 Å². The second kappa shape index (κ2) is 6.85. The predicted molar refractivity (Wildman–Crippen MR) is 95.1 cm³/mol. The van der Waals surface area contributed by atoms with Gasteiger partial charge in [-0.25, -0.2) is 0 Å². The van der Waals surface area contributed by atoms with Gasteiger partial charge >= 0.3 is 0 Å². The zero-order valence-corrected chi connectivity index (χ0v) is 13.9. The summed E-state index contributed by atoms with van der Waals surface area (Å²) in [6.45, 7) is 1.82. The number of benzene rings is 2. The molecule has 0 saturated heterocycles. The third-order valence-corrected chi connectivity index (χ3v) is 4.33. The van der Waals surface area contributed by atoms with Crippen LogP contribution in [0, 0.1) is 0 Å². The number of ether oxygens (including phenoxy) is 1. The van der Waals surface area contributed by atoms with Crippen molar-refractivity contribution in [2.24, 2.45) is 0 Å². The zero-order valence-electron chi connectivity index (χ0n) is 13.9. The summed E-state index contributed by atoms with van der Waals surface area (Å²) >= 11 is 0. The Morgan fingerprint density at radius 2 is 1.58 bits per heavy atom. The Balaban J connectivity index is 2.18. The number of pyridine rings is 1. The topological polar surface area (TPSA) is 42.4 Å². The highest BCUT2D eigenvalue weighted by molar-refractivity contribution is 5.43. The smallest absolute Gasteiger partial charge is 0.124 e. The van der Waals surface area contributed by atoms with Crippen LogP contribution in [0.2, 0.25) is 0 Å². The third-order valence-electron chi connectivity index (χ3n) is 4.33. The van der Waals surface area contributed by atoms with E-state index in [1.807, 2.05) is 79.7 Å². The molecule has 0 aliphatic rings. The van der Waals surface area contributed by atoms with Crippen LogP contribution >= 0.6 is 0 Å². The summed E-state index contributed by atoms with van der Waals surface area (Å²) in [5, 5.41) is 11.5. The summed E-state index contributed by atoms with van der Waals surface area (Å²) in [6, 6.07) is 23.3. The molecule has 1 N–H and O–H groups in total. The van der Waals surface area contributed by atoms with Gasteiger partial charge in [0.2, 0.25) is 0 Å². The summed E-state index contributed by atoms with van der Waals surface area (Å²) in [5.74, 6) is 0.357. The van der Waals surface area contributed by atoms with E-state index in [0.717, 1.165) is 16.8 Å². The molecule has 0 fully saturated rings. The van der Waals surface area contributed by atoms with Crippen molar-refractivity contribution in [3.63, 3.8) is 0 Å². The summed E-state index contributed by atoms with van der Waals surface area (Å²) in [5.41, 5.74) is 1.39. The molecule has 1 heterocycles. The van der Waals surface area contributed by atoms with Gasteiger partial charge in [-0.2, -0.15) is 0 Å². The van der Waals surface area contributed by atoms with E-state index in [1.165, 1.54) is 0 Å². The van der Waals surface area contributed by atoms with Gasteiger partial charge in [0.05, 0.1) is 18.7 Å². The highest BCUT2D eigenvalue weighted by Crippen LogP contribution is 2.43. The molecule has 3 heteroatoms. The number of rotatable bonds is 5. The Hall–Kier alpha value is -2.65. The van der Waals surface area contributed by atoms with Gasteiger partial charge < -0.3 is 9.84 Å².